The van der Waals surface area contributed by atoms with Gasteiger partial charge in [-0.25, -0.2) is 8.78 Å². The first-order chi connectivity index (χ1) is 11.0. The van der Waals surface area contributed by atoms with Crippen LogP contribution in [0.25, 0.3) is 0 Å². The Labute approximate surface area is 130 Å². The van der Waals surface area contributed by atoms with Gasteiger partial charge in [-0.15, -0.1) is 0 Å². The summed E-state index contributed by atoms with van der Waals surface area (Å²) in [4.78, 5) is 0. The molecular weight excluding hydrogens is 314 g/mol. The topological polar surface area (TPSA) is 41.5 Å². The summed E-state index contributed by atoms with van der Waals surface area (Å²) < 4.78 is 54.8. The predicted molar refractivity (Wildman–Crippen MR) is 76.1 cm³/mol. The Morgan fingerprint density at radius 3 is 2.57 bits per heavy atom. The molecule has 124 valence electrons. The van der Waals surface area contributed by atoms with Crippen molar-refractivity contribution in [3.8, 4) is 5.75 Å². The van der Waals surface area contributed by atoms with Crippen LogP contribution in [0.3, 0.4) is 0 Å². The normalized spacial score (nSPS) is 12.4. The molecule has 0 radical (unpaired) electrons. The van der Waals surface area contributed by atoms with E-state index in [9.17, 15) is 22.7 Å². The number of ether oxygens (including phenoxy) is 1. The maximum atomic E-state index is 13.4. The molecular formula is C16H15F4NO2. The van der Waals surface area contributed by atoms with Gasteiger partial charge in [0.15, 0.2) is 0 Å². The van der Waals surface area contributed by atoms with Crippen molar-refractivity contribution >= 4 is 0 Å². The zero-order valence-corrected chi connectivity index (χ0v) is 12.0. The van der Waals surface area contributed by atoms with Crippen LogP contribution in [0.1, 0.15) is 17.2 Å². The van der Waals surface area contributed by atoms with E-state index in [1.165, 1.54) is 24.3 Å². The van der Waals surface area contributed by atoms with Gasteiger partial charge in [0, 0.05) is 24.7 Å². The van der Waals surface area contributed by atoms with E-state index in [2.05, 4.69) is 10.1 Å². The zero-order valence-electron chi connectivity index (χ0n) is 12.0. The molecule has 0 saturated heterocycles. The van der Waals surface area contributed by atoms with Gasteiger partial charge in [-0.3, -0.25) is 0 Å². The lowest BCUT2D eigenvalue weighted by molar-refractivity contribution is -0.0499. The van der Waals surface area contributed by atoms with Gasteiger partial charge in [-0.1, -0.05) is 18.2 Å². The summed E-state index contributed by atoms with van der Waals surface area (Å²) in [6, 6.07) is 8.92. The summed E-state index contributed by atoms with van der Waals surface area (Å²) >= 11 is 0. The van der Waals surface area contributed by atoms with Gasteiger partial charge in [0.25, 0.3) is 0 Å². The van der Waals surface area contributed by atoms with Crippen LogP contribution in [0.2, 0.25) is 0 Å². The number of rotatable bonds is 7. The summed E-state index contributed by atoms with van der Waals surface area (Å²) in [7, 11) is 0. The highest BCUT2D eigenvalue weighted by molar-refractivity contribution is 5.30. The fourth-order valence-electron chi connectivity index (χ4n) is 2.02. The van der Waals surface area contributed by atoms with Gasteiger partial charge in [0.05, 0.1) is 6.10 Å². The summed E-state index contributed by atoms with van der Waals surface area (Å²) in [5.41, 5.74) is 0.642. The van der Waals surface area contributed by atoms with Crippen LogP contribution in [-0.2, 0) is 6.54 Å². The zero-order chi connectivity index (χ0) is 16.8. The molecule has 2 aromatic rings. The predicted octanol–water partition coefficient (Wildman–Crippen LogP) is 3.39. The Morgan fingerprint density at radius 1 is 1.09 bits per heavy atom. The summed E-state index contributed by atoms with van der Waals surface area (Å²) in [6.07, 6.45) is -0.986. The summed E-state index contributed by atoms with van der Waals surface area (Å²) in [5.74, 6) is -1.40. The first-order valence-corrected chi connectivity index (χ1v) is 6.83. The van der Waals surface area contributed by atoms with E-state index in [1.54, 1.807) is 6.07 Å². The van der Waals surface area contributed by atoms with E-state index in [0.29, 0.717) is 5.56 Å². The molecule has 2 rings (SSSR count). The highest BCUT2D eigenvalue weighted by atomic mass is 19.3. The Kier molecular flexibility index (Phi) is 5.95. The van der Waals surface area contributed by atoms with Gasteiger partial charge in [-0.05, 0) is 23.8 Å². The van der Waals surface area contributed by atoms with Crippen molar-refractivity contribution in [3.63, 3.8) is 0 Å². The maximum Gasteiger partial charge on any atom is 0.387 e. The van der Waals surface area contributed by atoms with Crippen molar-refractivity contribution in [2.75, 3.05) is 6.54 Å². The molecule has 0 aliphatic rings. The van der Waals surface area contributed by atoms with Gasteiger partial charge < -0.3 is 15.2 Å². The van der Waals surface area contributed by atoms with E-state index in [0.717, 1.165) is 12.1 Å². The Hall–Kier alpha value is -2.12. The molecule has 0 amide bonds. The Bertz CT molecular complexity index is 652. The number of aliphatic hydroxyl groups is 1. The van der Waals surface area contributed by atoms with Gasteiger partial charge in [0.1, 0.15) is 17.4 Å². The molecule has 0 saturated carbocycles. The third kappa shape index (κ3) is 5.22. The molecule has 0 spiro atoms. The largest absolute Gasteiger partial charge is 0.435 e. The number of nitrogens with one attached hydrogen (secondary N) is 1. The van der Waals surface area contributed by atoms with Crippen LogP contribution >= 0.6 is 0 Å². The first kappa shape index (κ1) is 17.2. The maximum absolute atomic E-state index is 13.4. The van der Waals surface area contributed by atoms with E-state index in [1.807, 2.05) is 0 Å². The number of alkyl halides is 2. The van der Waals surface area contributed by atoms with Crippen LogP contribution in [-0.4, -0.2) is 18.3 Å². The number of halogens is 4. The molecule has 23 heavy (non-hydrogen) atoms. The molecule has 7 heteroatoms. The number of benzene rings is 2. The third-order valence-electron chi connectivity index (χ3n) is 3.14. The lowest BCUT2D eigenvalue weighted by Crippen LogP contribution is -2.21. The number of aliphatic hydroxyl groups excluding tert-OH is 1. The molecule has 1 unspecified atom stereocenters. The smallest absolute Gasteiger partial charge is 0.387 e. The summed E-state index contributed by atoms with van der Waals surface area (Å²) in [5, 5.41) is 12.8. The van der Waals surface area contributed by atoms with Crippen molar-refractivity contribution in [2.24, 2.45) is 0 Å². The lowest BCUT2D eigenvalue weighted by Gasteiger charge is -2.14. The quantitative estimate of drug-likeness (QED) is 0.765. The molecule has 0 fully saturated rings. The standard InChI is InChI=1S/C16H15F4NO2/c17-12-5-4-11(14(18)7-12)8-21-9-15(22)10-2-1-3-13(6-10)23-16(19)20/h1-7,15-16,21-22H,8-9H2. The van der Waals surface area contributed by atoms with E-state index < -0.39 is 24.3 Å². The molecule has 0 heterocycles. The molecule has 0 bridgehead atoms. The highest BCUT2D eigenvalue weighted by Gasteiger charge is 2.11. The van der Waals surface area contributed by atoms with Gasteiger partial charge in [-0.2, -0.15) is 8.78 Å². The van der Waals surface area contributed by atoms with Gasteiger partial charge in [0.2, 0.25) is 0 Å². The van der Waals surface area contributed by atoms with Crippen molar-refractivity contribution < 1.29 is 27.4 Å². The Morgan fingerprint density at radius 2 is 1.87 bits per heavy atom. The molecule has 1 atom stereocenters. The third-order valence-corrected chi connectivity index (χ3v) is 3.14. The Balaban J connectivity index is 1.90. The van der Waals surface area contributed by atoms with E-state index in [-0.39, 0.29) is 24.4 Å². The minimum atomic E-state index is -2.94. The second-order valence-corrected chi connectivity index (χ2v) is 4.83. The average molecular weight is 329 g/mol. The average Bonchev–Trinajstić information content (AvgIpc) is 2.49. The fraction of sp³-hybridized carbons (Fsp3) is 0.250. The van der Waals surface area contributed by atoms with E-state index >= 15 is 0 Å². The number of hydrogen-bond acceptors (Lipinski definition) is 3. The minimum Gasteiger partial charge on any atom is -0.435 e. The van der Waals surface area contributed by atoms with Crippen molar-refractivity contribution in [2.45, 2.75) is 19.3 Å². The minimum absolute atomic E-state index is 0.0545. The molecule has 0 aromatic heterocycles. The number of hydrogen-bond donors (Lipinski definition) is 2. The van der Waals surface area contributed by atoms with Gasteiger partial charge >= 0.3 is 6.61 Å². The fourth-order valence-corrected chi connectivity index (χ4v) is 2.02. The molecule has 0 aliphatic carbocycles. The second-order valence-electron chi connectivity index (χ2n) is 4.83. The monoisotopic (exact) mass is 329 g/mol. The SMILES string of the molecule is OC(CNCc1ccc(F)cc1F)c1cccc(OC(F)F)c1. The van der Waals surface area contributed by atoms with Crippen LogP contribution in [0.15, 0.2) is 42.5 Å². The van der Waals surface area contributed by atoms with Crippen LogP contribution in [0.4, 0.5) is 17.6 Å². The first-order valence-electron chi connectivity index (χ1n) is 6.83. The van der Waals surface area contributed by atoms with Crippen LogP contribution in [0, 0.1) is 11.6 Å². The molecule has 2 N–H and O–H groups in total. The molecule has 2 aromatic carbocycles. The summed E-state index contributed by atoms with van der Waals surface area (Å²) in [6.45, 7) is -2.78. The second kappa shape index (κ2) is 7.94. The lowest BCUT2D eigenvalue weighted by atomic mass is 10.1. The highest BCUT2D eigenvalue weighted by Crippen LogP contribution is 2.20. The van der Waals surface area contributed by atoms with Crippen molar-refractivity contribution in [1.82, 2.24) is 5.32 Å². The van der Waals surface area contributed by atoms with E-state index in [4.69, 9.17) is 0 Å². The molecule has 0 aliphatic heterocycles. The van der Waals surface area contributed by atoms with Crippen LogP contribution in [0.5, 0.6) is 5.75 Å². The molecule has 3 nitrogen and oxygen atoms in total. The van der Waals surface area contributed by atoms with Crippen molar-refractivity contribution in [3.05, 3.63) is 65.2 Å². The van der Waals surface area contributed by atoms with Crippen molar-refractivity contribution in [1.29, 1.82) is 0 Å². The van der Waals surface area contributed by atoms with Crippen LogP contribution < -0.4 is 10.1 Å².